The number of hydrogen-bond donors (Lipinski definition) is 1. The Bertz CT molecular complexity index is 624. The molecule has 2 atom stereocenters. The number of ether oxygens (including phenoxy) is 1. The highest BCUT2D eigenvalue weighted by molar-refractivity contribution is 5.65. The molecule has 2 N–H and O–H groups in total. The van der Waals surface area contributed by atoms with E-state index < -0.39 is 6.09 Å². The molecule has 2 aromatic rings. The maximum absolute atomic E-state index is 11.3. The van der Waals surface area contributed by atoms with E-state index in [2.05, 4.69) is 30.3 Å². The van der Waals surface area contributed by atoms with Crippen LogP contribution in [0.5, 0.6) is 0 Å². The fourth-order valence-corrected chi connectivity index (χ4v) is 3.26. The first kappa shape index (κ1) is 13.7. The number of carbonyl (C=O) groups excluding carboxylic acids is 1. The van der Waals surface area contributed by atoms with E-state index in [9.17, 15) is 4.79 Å². The number of rotatable bonds is 2. The van der Waals surface area contributed by atoms with Gasteiger partial charge >= 0.3 is 6.09 Å². The lowest BCUT2D eigenvalue weighted by Crippen LogP contribution is -2.28. The van der Waals surface area contributed by atoms with Crippen LogP contribution in [0, 0.1) is 0 Å². The van der Waals surface area contributed by atoms with Crippen molar-refractivity contribution in [1.29, 1.82) is 0 Å². The number of nitrogens with two attached hydrogens (primary N) is 1. The molecule has 3 rings (SSSR count). The Labute approximate surface area is 124 Å². The number of carbonyl (C=O) groups is 1. The molecular formula is C18H19NO2. The van der Waals surface area contributed by atoms with Gasteiger partial charge in [0, 0.05) is 5.92 Å². The quantitative estimate of drug-likeness (QED) is 0.855. The van der Waals surface area contributed by atoms with Gasteiger partial charge in [-0.05, 0) is 36.0 Å². The van der Waals surface area contributed by atoms with Gasteiger partial charge in [-0.15, -0.1) is 0 Å². The fraction of sp³-hybridized carbons (Fsp3) is 0.278. The molecule has 3 nitrogen and oxygen atoms in total. The van der Waals surface area contributed by atoms with Crippen molar-refractivity contribution in [3.63, 3.8) is 0 Å². The van der Waals surface area contributed by atoms with Crippen molar-refractivity contribution in [2.45, 2.75) is 31.3 Å². The summed E-state index contributed by atoms with van der Waals surface area (Å²) in [7, 11) is 0. The van der Waals surface area contributed by atoms with E-state index in [4.69, 9.17) is 10.5 Å². The monoisotopic (exact) mass is 281 g/mol. The van der Waals surface area contributed by atoms with Crippen LogP contribution in [0.2, 0.25) is 0 Å². The van der Waals surface area contributed by atoms with Crippen molar-refractivity contribution < 1.29 is 9.53 Å². The van der Waals surface area contributed by atoms with Crippen LogP contribution >= 0.6 is 0 Å². The van der Waals surface area contributed by atoms with E-state index in [0.717, 1.165) is 24.8 Å². The predicted molar refractivity (Wildman–Crippen MR) is 82.1 cm³/mol. The van der Waals surface area contributed by atoms with Crippen molar-refractivity contribution in [3.8, 4) is 0 Å². The summed E-state index contributed by atoms with van der Waals surface area (Å²) in [6.07, 6.45) is 1.95. The van der Waals surface area contributed by atoms with Gasteiger partial charge in [-0.3, -0.25) is 0 Å². The highest BCUT2D eigenvalue weighted by Gasteiger charge is 2.31. The van der Waals surface area contributed by atoms with E-state index in [0.29, 0.717) is 0 Å². The van der Waals surface area contributed by atoms with Gasteiger partial charge in [0.1, 0.15) is 6.10 Å². The smallest absolute Gasteiger partial charge is 0.404 e. The topological polar surface area (TPSA) is 52.3 Å². The van der Waals surface area contributed by atoms with Crippen LogP contribution in [0.3, 0.4) is 0 Å². The van der Waals surface area contributed by atoms with E-state index in [1.165, 1.54) is 11.1 Å². The van der Waals surface area contributed by atoms with Gasteiger partial charge in [0.15, 0.2) is 0 Å². The molecule has 1 aliphatic rings. The largest absolute Gasteiger partial charge is 0.445 e. The average molecular weight is 281 g/mol. The lowest BCUT2D eigenvalue weighted by molar-refractivity contribution is 0.0917. The lowest BCUT2D eigenvalue weighted by Gasteiger charge is -2.26. The SMILES string of the molecule is NC(=O)OC1CCCc2ccccc2C1c1ccccc1. The molecule has 0 aromatic heterocycles. The highest BCUT2D eigenvalue weighted by atomic mass is 16.6. The van der Waals surface area contributed by atoms with Gasteiger partial charge in [0.2, 0.25) is 0 Å². The number of primary amides is 1. The van der Waals surface area contributed by atoms with Crippen molar-refractivity contribution in [3.05, 3.63) is 71.3 Å². The third-order valence-corrected chi connectivity index (χ3v) is 4.12. The van der Waals surface area contributed by atoms with Crippen LogP contribution in [0.1, 0.15) is 35.4 Å². The zero-order valence-electron chi connectivity index (χ0n) is 11.9. The van der Waals surface area contributed by atoms with Crippen LogP contribution in [-0.4, -0.2) is 12.2 Å². The molecule has 1 aliphatic carbocycles. The fourth-order valence-electron chi connectivity index (χ4n) is 3.26. The van der Waals surface area contributed by atoms with Crippen LogP contribution < -0.4 is 5.73 Å². The molecule has 108 valence electrons. The van der Waals surface area contributed by atoms with E-state index in [1.807, 2.05) is 24.3 Å². The Morgan fingerprint density at radius 3 is 2.52 bits per heavy atom. The van der Waals surface area contributed by atoms with Gasteiger partial charge in [0.05, 0.1) is 0 Å². The van der Waals surface area contributed by atoms with Gasteiger partial charge < -0.3 is 10.5 Å². The predicted octanol–water partition coefficient (Wildman–Crippen LogP) is 3.62. The molecule has 0 radical (unpaired) electrons. The molecule has 0 aliphatic heterocycles. The summed E-state index contributed by atoms with van der Waals surface area (Å²) in [5.74, 6) is 0.0531. The average Bonchev–Trinajstić information content (AvgIpc) is 2.66. The van der Waals surface area contributed by atoms with Crippen LogP contribution in [0.4, 0.5) is 4.79 Å². The first-order chi connectivity index (χ1) is 10.3. The van der Waals surface area contributed by atoms with Crippen molar-refractivity contribution in [2.24, 2.45) is 5.73 Å². The second-order valence-corrected chi connectivity index (χ2v) is 5.45. The van der Waals surface area contributed by atoms with Gasteiger partial charge in [-0.1, -0.05) is 54.6 Å². The number of hydrogen-bond acceptors (Lipinski definition) is 2. The zero-order chi connectivity index (χ0) is 14.7. The normalized spacial score (nSPS) is 21.1. The molecule has 0 fully saturated rings. The maximum atomic E-state index is 11.3. The molecule has 0 heterocycles. The van der Waals surface area contributed by atoms with Crippen molar-refractivity contribution >= 4 is 6.09 Å². The zero-order valence-corrected chi connectivity index (χ0v) is 11.9. The van der Waals surface area contributed by atoms with Gasteiger partial charge in [0.25, 0.3) is 0 Å². The Hall–Kier alpha value is -2.29. The van der Waals surface area contributed by atoms with E-state index in [1.54, 1.807) is 0 Å². The number of fused-ring (bicyclic) bond motifs is 1. The Morgan fingerprint density at radius 1 is 1.05 bits per heavy atom. The summed E-state index contributed by atoms with van der Waals surface area (Å²) >= 11 is 0. The molecule has 1 amide bonds. The number of benzene rings is 2. The number of aryl methyl sites for hydroxylation is 1. The molecule has 0 bridgehead atoms. The summed E-state index contributed by atoms with van der Waals surface area (Å²) in [5.41, 5.74) is 9.02. The molecule has 0 saturated heterocycles. The third-order valence-electron chi connectivity index (χ3n) is 4.12. The minimum atomic E-state index is -0.694. The van der Waals surface area contributed by atoms with Crippen LogP contribution in [-0.2, 0) is 11.2 Å². The Kier molecular flexibility index (Phi) is 3.91. The third kappa shape index (κ3) is 2.92. The summed E-state index contributed by atoms with van der Waals surface area (Å²) < 4.78 is 5.43. The summed E-state index contributed by atoms with van der Waals surface area (Å²) in [5, 5.41) is 0. The maximum Gasteiger partial charge on any atom is 0.404 e. The van der Waals surface area contributed by atoms with Crippen LogP contribution in [0.25, 0.3) is 0 Å². The molecule has 0 spiro atoms. The molecule has 2 unspecified atom stereocenters. The van der Waals surface area contributed by atoms with Gasteiger partial charge in [-0.2, -0.15) is 0 Å². The van der Waals surface area contributed by atoms with Crippen molar-refractivity contribution in [1.82, 2.24) is 0 Å². The number of amides is 1. The minimum Gasteiger partial charge on any atom is -0.445 e. The van der Waals surface area contributed by atoms with E-state index >= 15 is 0 Å². The van der Waals surface area contributed by atoms with Crippen molar-refractivity contribution in [2.75, 3.05) is 0 Å². The molecular weight excluding hydrogens is 262 g/mol. The minimum absolute atomic E-state index is 0.0531. The molecule has 2 aromatic carbocycles. The first-order valence-electron chi connectivity index (χ1n) is 7.34. The second-order valence-electron chi connectivity index (χ2n) is 5.45. The Balaban J connectivity index is 2.08. The van der Waals surface area contributed by atoms with Crippen LogP contribution in [0.15, 0.2) is 54.6 Å². The molecule has 3 heteroatoms. The summed E-state index contributed by atoms with van der Waals surface area (Å²) in [6, 6.07) is 18.6. The summed E-state index contributed by atoms with van der Waals surface area (Å²) in [4.78, 5) is 11.3. The van der Waals surface area contributed by atoms with E-state index in [-0.39, 0.29) is 12.0 Å². The van der Waals surface area contributed by atoms with Gasteiger partial charge in [-0.25, -0.2) is 4.79 Å². The molecule has 0 saturated carbocycles. The summed E-state index contributed by atoms with van der Waals surface area (Å²) in [6.45, 7) is 0. The molecule has 21 heavy (non-hydrogen) atoms. The first-order valence-corrected chi connectivity index (χ1v) is 7.34. The second kappa shape index (κ2) is 6.00. The highest BCUT2D eigenvalue weighted by Crippen LogP contribution is 2.37. The Morgan fingerprint density at radius 2 is 1.76 bits per heavy atom. The standard InChI is InChI=1S/C18H19NO2/c19-18(20)21-16-12-6-10-13-7-4-5-11-15(13)17(16)14-8-2-1-3-9-14/h1-5,7-9,11,16-17H,6,10,12H2,(H2,19,20). The lowest BCUT2D eigenvalue weighted by atomic mass is 9.85.